The van der Waals surface area contributed by atoms with Crippen molar-refractivity contribution in [1.82, 2.24) is 0 Å². The third kappa shape index (κ3) is 4.75. The lowest BCUT2D eigenvalue weighted by atomic mass is 10.0. The number of thiol groups is 1. The minimum absolute atomic E-state index is 0.139. The van der Waals surface area contributed by atoms with Crippen LogP contribution in [0.15, 0.2) is 0 Å². The average molecular weight is 150 g/mol. The molecule has 0 unspecified atom stereocenters. The Hall–Kier alpha value is 0.270. The van der Waals surface area contributed by atoms with Crippen LogP contribution in [0.2, 0.25) is 0 Å². The molecule has 0 saturated carbocycles. The molecule has 3 heteroatoms. The summed E-state index contributed by atoms with van der Waals surface area (Å²) in [5, 5.41) is 17.0. The van der Waals surface area contributed by atoms with E-state index in [-0.39, 0.29) is 18.0 Å². The second kappa shape index (κ2) is 4.14. The summed E-state index contributed by atoms with van der Waals surface area (Å²) in [5.74, 6) is 0. The Morgan fingerprint density at radius 1 is 1.22 bits per heavy atom. The summed E-state index contributed by atoms with van der Waals surface area (Å²) in [4.78, 5) is 0. The van der Waals surface area contributed by atoms with Crippen molar-refractivity contribution in [2.24, 2.45) is 0 Å². The van der Waals surface area contributed by atoms with Gasteiger partial charge >= 0.3 is 0 Å². The van der Waals surface area contributed by atoms with Crippen LogP contribution in [0.1, 0.15) is 19.8 Å². The molecule has 56 valence electrons. The van der Waals surface area contributed by atoms with Crippen molar-refractivity contribution in [2.75, 3.05) is 13.2 Å². The Balaban J connectivity index is 3.43. The van der Waals surface area contributed by atoms with E-state index >= 15 is 0 Å². The van der Waals surface area contributed by atoms with Gasteiger partial charge in [-0.1, -0.05) is 6.92 Å². The summed E-state index contributed by atoms with van der Waals surface area (Å²) in [7, 11) is 0. The molecule has 9 heavy (non-hydrogen) atoms. The molecule has 0 atom stereocenters. The van der Waals surface area contributed by atoms with Crippen LogP contribution >= 0.6 is 12.6 Å². The Morgan fingerprint density at radius 2 is 1.56 bits per heavy atom. The SMILES string of the molecule is CC(S)(CCO)CCO. The normalized spacial score (nSPS) is 12.0. The maximum Gasteiger partial charge on any atom is 0.0444 e. The monoisotopic (exact) mass is 150 g/mol. The number of hydrogen-bond donors (Lipinski definition) is 3. The number of hydrogen-bond acceptors (Lipinski definition) is 3. The van der Waals surface area contributed by atoms with Crippen molar-refractivity contribution in [2.45, 2.75) is 24.5 Å². The molecule has 0 aromatic heterocycles. The average Bonchev–Trinajstić information content (AvgIpc) is 1.64. The minimum Gasteiger partial charge on any atom is -0.396 e. The third-order valence-electron chi connectivity index (χ3n) is 1.30. The lowest BCUT2D eigenvalue weighted by molar-refractivity contribution is 0.237. The molecule has 0 aliphatic rings. The number of aliphatic hydroxyl groups is 2. The van der Waals surface area contributed by atoms with Gasteiger partial charge in [0.25, 0.3) is 0 Å². The zero-order chi connectivity index (χ0) is 7.33. The van der Waals surface area contributed by atoms with Crippen LogP contribution in [-0.2, 0) is 0 Å². The Kier molecular flexibility index (Phi) is 4.27. The molecule has 0 fully saturated rings. The van der Waals surface area contributed by atoms with Crippen molar-refractivity contribution in [3.8, 4) is 0 Å². The summed E-state index contributed by atoms with van der Waals surface area (Å²) >= 11 is 4.23. The quantitative estimate of drug-likeness (QED) is 0.509. The molecule has 0 rings (SSSR count). The lowest BCUT2D eigenvalue weighted by Crippen LogP contribution is -2.19. The molecule has 2 N–H and O–H groups in total. The highest BCUT2D eigenvalue weighted by Crippen LogP contribution is 2.21. The first kappa shape index (κ1) is 9.27. The number of rotatable bonds is 4. The molecule has 0 aromatic rings. The first-order valence-corrected chi connectivity index (χ1v) is 3.51. The Morgan fingerprint density at radius 3 is 1.78 bits per heavy atom. The van der Waals surface area contributed by atoms with E-state index in [1.165, 1.54) is 0 Å². The van der Waals surface area contributed by atoms with Crippen molar-refractivity contribution in [1.29, 1.82) is 0 Å². The van der Waals surface area contributed by atoms with Gasteiger partial charge in [0.15, 0.2) is 0 Å². The summed E-state index contributed by atoms with van der Waals surface area (Å²) in [6, 6.07) is 0. The van der Waals surface area contributed by atoms with E-state index in [1.54, 1.807) is 0 Å². The highest BCUT2D eigenvalue weighted by atomic mass is 32.1. The van der Waals surface area contributed by atoms with Gasteiger partial charge < -0.3 is 10.2 Å². The van der Waals surface area contributed by atoms with E-state index in [0.29, 0.717) is 12.8 Å². The standard InChI is InChI=1S/C6H14O2S/c1-6(9,2-4-7)3-5-8/h7-9H,2-5H2,1H3. The fourth-order valence-corrected chi connectivity index (χ4v) is 0.807. The Bertz CT molecular complexity index is 65.5. The lowest BCUT2D eigenvalue weighted by Gasteiger charge is -2.20. The molecular weight excluding hydrogens is 136 g/mol. The van der Waals surface area contributed by atoms with E-state index in [2.05, 4.69) is 12.6 Å². The van der Waals surface area contributed by atoms with Gasteiger partial charge in [-0.05, 0) is 12.8 Å². The van der Waals surface area contributed by atoms with Gasteiger partial charge in [0, 0.05) is 18.0 Å². The van der Waals surface area contributed by atoms with Gasteiger partial charge in [-0.25, -0.2) is 0 Å². The largest absolute Gasteiger partial charge is 0.396 e. The summed E-state index contributed by atoms with van der Waals surface area (Å²) in [6.45, 7) is 2.18. The maximum atomic E-state index is 8.50. The third-order valence-corrected chi connectivity index (χ3v) is 1.75. The van der Waals surface area contributed by atoms with Crippen molar-refractivity contribution in [3.05, 3.63) is 0 Å². The highest BCUT2D eigenvalue weighted by molar-refractivity contribution is 7.81. The maximum absolute atomic E-state index is 8.50. The fourth-order valence-electron chi connectivity index (χ4n) is 0.607. The van der Waals surface area contributed by atoms with Crippen LogP contribution in [0.25, 0.3) is 0 Å². The minimum atomic E-state index is -0.205. The van der Waals surface area contributed by atoms with Crippen LogP contribution in [0.3, 0.4) is 0 Å². The van der Waals surface area contributed by atoms with Crippen LogP contribution in [0, 0.1) is 0 Å². The van der Waals surface area contributed by atoms with E-state index in [9.17, 15) is 0 Å². The molecule has 0 bridgehead atoms. The second-order valence-corrected chi connectivity index (χ2v) is 3.52. The predicted molar refractivity (Wildman–Crippen MR) is 40.8 cm³/mol. The van der Waals surface area contributed by atoms with E-state index in [0.717, 1.165) is 0 Å². The van der Waals surface area contributed by atoms with E-state index in [4.69, 9.17) is 10.2 Å². The van der Waals surface area contributed by atoms with Gasteiger partial charge in [-0.2, -0.15) is 12.6 Å². The molecule has 0 spiro atoms. The summed E-state index contributed by atoms with van der Waals surface area (Å²) in [6.07, 6.45) is 1.27. The second-order valence-electron chi connectivity index (χ2n) is 2.44. The van der Waals surface area contributed by atoms with Gasteiger partial charge in [0.1, 0.15) is 0 Å². The van der Waals surface area contributed by atoms with Gasteiger partial charge in [-0.15, -0.1) is 0 Å². The number of aliphatic hydroxyl groups excluding tert-OH is 2. The summed E-state index contributed by atoms with van der Waals surface area (Å²) in [5.41, 5.74) is 0. The van der Waals surface area contributed by atoms with Gasteiger partial charge in [0.2, 0.25) is 0 Å². The van der Waals surface area contributed by atoms with E-state index in [1.807, 2.05) is 6.92 Å². The molecule has 0 aromatic carbocycles. The van der Waals surface area contributed by atoms with Crippen LogP contribution < -0.4 is 0 Å². The topological polar surface area (TPSA) is 40.5 Å². The molecule has 0 saturated heterocycles. The van der Waals surface area contributed by atoms with Crippen molar-refractivity contribution in [3.63, 3.8) is 0 Å². The fraction of sp³-hybridized carbons (Fsp3) is 1.00. The molecule has 0 radical (unpaired) electrons. The van der Waals surface area contributed by atoms with Crippen LogP contribution in [0.5, 0.6) is 0 Å². The molecule has 0 aliphatic heterocycles. The molecular formula is C6H14O2S. The van der Waals surface area contributed by atoms with Crippen LogP contribution in [0.4, 0.5) is 0 Å². The predicted octanol–water partition coefficient (Wildman–Crippen LogP) is 0.440. The molecule has 0 amide bonds. The van der Waals surface area contributed by atoms with Crippen molar-refractivity contribution >= 4 is 12.6 Å². The molecule has 2 nitrogen and oxygen atoms in total. The van der Waals surface area contributed by atoms with Gasteiger partial charge in [-0.3, -0.25) is 0 Å². The molecule has 0 heterocycles. The smallest absolute Gasteiger partial charge is 0.0444 e. The zero-order valence-electron chi connectivity index (χ0n) is 5.67. The highest BCUT2D eigenvalue weighted by Gasteiger charge is 2.16. The Labute approximate surface area is 61.3 Å². The molecule has 0 aliphatic carbocycles. The van der Waals surface area contributed by atoms with Crippen LogP contribution in [-0.4, -0.2) is 28.2 Å². The zero-order valence-corrected chi connectivity index (χ0v) is 6.56. The summed E-state index contributed by atoms with van der Waals surface area (Å²) < 4.78 is -0.205. The first-order valence-electron chi connectivity index (χ1n) is 3.06. The van der Waals surface area contributed by atoms with E-state index < -0.39 is 0 Å². The van der Waals surface area contributed by atoms with Gasteiger partial charge in [0.05, 0.1) is 0 Å². The van der Waals surface area contributed by atoms with Crippen molar-refractivity contribution < 1.29 is 10.2 Å². The first-order chi connectivity index (χ1) is 4.12.